The number of benzene rings is 6. The Kier molecular flexibility index (Phi) is 6.31. The summed E-state index contributed by atoms with van der Waals surface area (Å²) in [4.78, 5) is 25.1. The van der Waals surface area contributed by atoms with E-state index in [1.165, 1.54) is 10.8 Å². The number of ether oxygens (including phenoxy) is 1. The minimum Gasteiger partial charge on any atom is -0.386 e. The highest BCUT2D eigenvalue weighted by Crippen LogP contribution is 2.22. The maximum absolute atomic E-state index is 12.5. The molecule has 3 nitrogen and oxygen atoms in total. The van der Waals surface area contributed by atoms with Crippen LogP contribution in [0.1, 0.15) is 20.7 Å². The molecule has 0 saturated carbocycles. The fourth-order valence-corrected chi connectivity index (χ4v) is 4.13. The van der Waals surface area contributed by atoms with Gasteiger partial charge in [-0.05, 0) is 44.5 Å². The molecule has 0 N–H and O–H groups in total. The third kappa shape index (κ3) is 4.80. The summed E-state index contributed by atoms with van der Waals surface area (Å²) in [5.41, 5.74) is 0.762. The lowest BCUT2D eigenvalue weighted by atomic mass is 10.0. The van der Waals surface area contributed by atoms with Crippen molar-refractivity contribution in [2.45, 2.75) is 0 Å². The van der Waals surface area contributed by atoms with Gasteiger partial charge in [-0.3, -0.25) is 0 Å². The monoisotopic (exact) mass is 454 g/mol. The van der Waals surface area contributed by atoms with Crippen molar-refractivity contribution in [1.82, 2.24) is 0 Å². The van der Waals surface area contributed by atoms with Crippen molar-refractivity contribution in [2.24, 2.45) is 0 Å². The summed E-state index contributed by atoms with van der Waals surface area (Å²) in [5, 5.41) is 6.00. The van der Waals surface area contributed by atoms with E-state index in [2.05, 4.69) is 48.5 Å². The van der Waals surface area contributed by atoms with Crippen molar-refractivity contribution in [3.63, 3.8) is 0 Å². The second-order valence-corrected chi connectivity index (χ2v) is 8.08. The van der Waals surface area contributed by atoms with Gasteiger partial charge in [0.05, 0.1) is 11.1 Å². The number of esters is 2. The molecule has 0 aliphatic carbocycles. The largest absolute Gasteiger partial charge is 0.386 e. The Hall–Kier alpha value is -4.76. The molecule has 0 aromatic heterocycles. The summed E-state index contributed by atoms with van der Waals surface area (Å²) < 4.78 is 5.16. The lowest BCUT2D eigenvalue weighted by Gasteiger charge is -2.08. The molecular weight excluding hydrogens is 432 g/mol. The molecule has 0 radical (unpaired) electrons. The molecule has 0 unspecified atom stereocenters. The van der Waals surface area contributed by atoms with E-state index in [0.29, 0.717) is 11.1 Å². The first-order valence-electron chi connectivity index (χ1n) is 11.4. The van der Waals surface area contributed by atoms with Crippen molar-refractivity contribution >= 4 is 44.3 Å². The van der Waals surface area contributed by atoms with Crippen molar-refractivity contribution in [2.75, 3.05) is 0 Å². The van der Waals surface area contributed by atoms with Gasteiger partial charge in [-0.15, -0.1) is 0 Å². The van der Waals surface area contributed by atoms with Gasteiger partial charge in [0.25, 0.3) is 0 Å². The Balaban J connectivity index is 0.000000211. The lowest BCUT2D eigenvalue weighted by Crippen LogP contribution is -2.13. The van der Waals surface area contributed by atoms with E-state index in [-0.39, 0.29) is 0 Å². The number of hydrogen-bond acceptors (Lipinski definition) is 3. The molecule has 0 saturated heterocycles. The van der Waals surface area contributed by atoms with Crippen LogP contribution in [0.3, 0.4) is 0 Å². The van der Waals surface area contributed by atoms with Crippen molar-refractivity contribution < 1.29 is 14.3 Å². The summed E-state index contributed by atoms with van der Waals surface area (Å²) in [7, 11) is 0. The Morgan fingerprint density at radius 3 is 1.09 bits per heavy atom. The van der Waals surface area contributed by atoms with Crippen molar-refractivity contribution in [3.8, 4) is 0 Å². The molecule has 0 aliphatic rings. The van der Waals surface area contributed by atoms with Crippen LogP contribution >= 0.6 is 0 Å². The predicted molar refractivity (Wildman–Crippen MR) is 142 cm³/mol. The van der Waals surface area contributed by atoms with Crippen LogP contribution in [-0.2, 0) is 4.74 Å². The maximum atomic E-state index is 12.5. The lowest BCUT2D eigenvalue weighted by molar-refractivity contribution is 0.0400. The second kappa shape index (κ2) is 10.0. The number of hydrogen-bond donors (Lipinski definition) is 0. The van der Waals surface area contributed by atoms with Crippen LogP contribution in [0.5, 0.6) is 0 Å². The molecule has 0 bridgehead atoms. The van der Waals surface area contributed by atoms with E-state index in [1.54, 1.807) is 24.3 Å². The number of carbonyl (C=O) groups is 2. The summed E-state index contributed by atoms with van der Waals surface area (Å²) >= 11 is 0. The van der Waals surface area contributed by atoms with Crippen LogP contribution in [0.25, 0.3) is 32.3 Å². The van der Waals surface area contributed by atoms with E-state index in [4.69, 9.17) is 4.74 Å². The molecule has 0 heterocycles. The molecular formula is C32H22O3. The summed E-state index contributed by atoms with van der Waals surface area (Å²) in [6.45, 7) is 0. The van der Waals surface area contributed by atoms with Gasteiger partial charge in [0, 0.05) is 0 Å². The Morgan fingerprint density at radius 1 is 0.371 bits per heavy atom. The fourth-order valence-electron chi connectivity index (χ4n) is 4.13. The smallest absolute Gasteiger partial charge is 0.346 e. The van der Waals surface area contributed by atoms with Gasteiger partial charge in [-0.25, -0.2) is 9.59 Å². The zero-order valence-electron chi connectivity index (χ0n) is 18.9. The number of fused-ring (bicyclic) bond motifs is 3. The Bertz CT molecular complexity index is 1500. The first-order valence-corrected chi connectivity index (χ1v) is 11.4. The highest BCUT2D eigenvalue weighted by atomic mass is 16.6. The van der Waals surface area contributed by atoms with Gasteiger partial charge < -0.3 is 4.74 Å². The minimum absolute atomic E-state index is 0.381. The van der Waals surface area contributed by atoms with Gasteiger partial charge in [0.2, 0.25) is 0 Å². The van der Waals surface area contributed by atoms with Crippen LogP contribution in [0.15, 0.2) is 133 Å². The van der Waals surface area contributed by atoms with E-state index in [9.17, 15) is 9.59 Å². The van der Waals surface area contributed by atoms with E-state index in [1.807, 2.05) is 60.7 Å². The third-order valence-electron chi connectivity index (χ3n) is 5.86. The van der Waals surface area contributed by atoms with Crippen LogP contribution in [0.2, 0.25) is 0 Å². The molecule has 3 heteroatoms. The molecule has 0 atom stereocenters. The first kappa shape index (κ1) is 22.1. The average Bonchev–Trinajstić information content (AvgIpc) is 2.92. The molecule has 0 fully saturated rings. The average molecular weight is 455 g/mol. The molecule has 0 aliphatic heterocycles. The third-order valence-corrected chi connectivity index (χ3v) is 5.86. The highest BCUT2D eigenvalue weighted by molar-refractivity contribution is 6.12. The van der Waals surface area contributed by atoms with Crippen molar-refractivity contribution in [3.05, 3.63) is 145 Å². The summed E-state index contributed by atoms with van der Waals surface area (Å²) in [5.74, 6) is -1.29. The normalized spacial score (nSPS) is 10.5. The number of carbonyl (C=O) groups excluding carboxylic acids is 2. The van der Waals surface area contributed by atoms with Gasteiger partial charge in [-0.2, -0.15) is 0 Å². The van der Waals surface area contributed by atoms with Crippen LogP contribution in [-0.4, -0.2) is 11.9 Å². The van der Waals surface area contributed by atoms with Gasteiger partial charge in [0.1, 0.15) is 0 Å². The summed E-state index contributed by atoms with van der Waals surface area (Å²) in [6.07, 6.45) is 0. The van der Waals surface area contributed by atoms with Gasteiger partial charge in [-0.1, -0.05) is 121 Å². The topological polar surface area (TPSA) is 43.4 Å². The highest BCUT2D eigenvalue weighted by Gasteiger charge is 2.18. The summed E-state index contributed by atoms with van der Waals surface area (Å²) in [6, 6.07) is 42.5. The van der Waals surface area contributed by atoms with Gasteiger partial charge in [0.15, 0.2) is 0 Å². The molecule has 6 aromatic rings. The van der Waals surface area contributed by atoms with E-state index in [0.717, 1.165) is 21.5 Å². The Morgan fingerprint density at radius 2 is 0.686 bits per heavy atom. The zero-order valence-corrected chi connectivity index (χ0v) is 18.9. The maximum Gasteiger partial charge on any atom is 0.346 e. The first-order chi connectivity index (χ1) is 17.2. The molecule has 35 heavy (non-hydrogen) atoms. The van der Waals surface area contributed by atoms with Crippen LogP contribution < -0.4 is 0 Å². The molecule has 168 valence electrons. The molecule has 6 aromatic carbocycles. The van der Waals surface area contributed by atoms with E-state index < -0.39 is 11.9 Å². The van der Waals surface area contributed by atoms with E-state index >= 15 is 0 Å². The molecule has 0 spiro atoms. The Labute approximate surface area is 203 Å². The molecule has 6 rings (SSSR count). The molecule has 0 amide bonds. The van der Waals surface area contributed by atoms with Gasteiger partial charge >= 0.3 is 11.9 Å². The predicted octanol–water partition coefficient (Wildman–Crippen LogP) is 7.83. The van der Waals surface area contributed by atoms with Crippen molar-refractivity contribution in [1.29, 1.82) is 0 Å². The second-order valence-electron chi connectivity index (χ2n) is 8.08. The number of rotatable bonds is 2. The quantitative estimate of drug-likeness (QED) is 0.198. The van der Waals surface area contributed by atoms with Crippen LogP contribution in [0, 0.1) is 0 Å². The minimum atomic E-state index is -0.644. The fraction of sp³-hybridized carbons (Fsp3) is 0. The zero-order chi connectivity index (χ0) is 24.0. The van der Waals surface area contributed by atoms with Crippen LogP contribution in [0.4, 0.5) is 0 Å². The standard InChI is InChI=1S/C22H14O3.C10H8/c23-21(19-13-5-9-15-7-1-3-11-17(15)19)25-22(24)20-14-6-10-16-8-2-4-12-18(16)20;1-2-6-10-8-4-3-7-9(10)5-1/h1-14H;1-8H. The SMILES string of the molecule is O=C(OC(=O)c1cccc2ccccc12)c1cccc2ccccc12.c1ccc2ccccc2c1.